The summed E-state index contributed by atoms with van der Waals surface area (Å²) < 4.78 is 0. The van der Waals surface area contributed by atoms with Crippen molar-refractivity contribution in [2.24, 2.45) is 5.73 Å². The van der Waals surface area contributed by atoms with Gasteiger partial charge >= 0.3 is 0 Å². The molecule has 0 atom stereocenters. The smallest absolute Gasteiger partial charge is 0.0497 e. The zero-order valence-electron chi connectivity index (χ0n) is 11.2. The molecule has 0 aliphatic carbocycles. The predicted octanol–water partition coefficient (Wildman–Crippen LogP) is 4.38. The molecule has 3 heteroatoms. The van der Waals surface area contributed by atoms with Crippen LogP contribution in [0, 0.1) is 0 Å². The van der Waals surface area contributed by atoms with Gasteiger partial charge in [0.25, 0.3) is 0 Å². The fourth-order valence-corrected chi connectivity index (χ4v) is 2.82. The van der Waals surface area contributed by atoms with E-state index in [2.05, 4.69) is 29.2 Å². The highest BCUT2D eigenvalue weighted by atomic mass is 35.5. The Morgan fingerprint density at radius 2 is 1.90 bits per heavy atom. The second kappa shape index (κ2) is 5.70. The number of hydrogen-bond donors (Lipinski definition) is 2. The minimum absolute atomic E-state index is 0.703. The largest absolute Gasteiger partial charge is 0.354 e. The Balaban J connectivity index is 2.18. The molecular formula is C17H17ClN2. The van der Waals surface area contributed by atoms with Crippen LogP contribution in [-0.2, 0) is 6.42 Å². The lowest BCUT2D eigenvalue weighted by atomic mass is 10.0. The van der Waals surface area contributed by atoms with Crippen molar-refractivity contribution in [3.8, 4) is 11.3 Å². The van der Waals surface area contributed by atoms with Crippen molar-refractivity contribution in [3.63, 3.8) is 0 Å². The van der Waals surface area contributed by atoms with Gasteiger partial charge in [0.1, 0.15) is 0 Å². The van der Waals surface area contributed by atoms with E-state index in [1.54, 1.807) is 0 Å². The fourth-order valence-electron chi connectivity index (χ4n) is 2.63. The fraction of sp³-hybridized carbons (Fsp3) is 0.176. The number of nitrogens with one attached hydrogen (secondary N) is 1. The summed E-state index contributed by atoms with van der Waals surface area (Å²) in [5, 5.41) is 2.03. The van der Waals surface area contributed by atoms with E-state index in [-0.39, 0.29) is 0 Å². The summed E-state index contributed by atoms with van der Waals surface area (Å²) in [5.41, 5.74) is 10.4. The average molecular weight is 285 g/mol. The van der Waals surface area contributed by atoms with Crippen molar-refractivity contribution in [1.82, 2.24) is 4.98 Å². The molecule has 0 aliphatic rings. The van der Waals surface area contributed by atoms with Crippen LogP contribution in [0.1, 0.15) is 12.0 Å². The number of aromatic nitrogens is 1. The van der Waals surface area contributed by atoms with E-state index < -0.39 is 0 Å². The lowest BCUT2D eigenvalue weighted by Crippen LogP contribution is -2.00. The Hall–Kier alpha value is -1.77. The second-order valence-electron chi connectivity index (χ2n) is 4.93. The molecule has 20 heavy (non-hydrogen) atoms. The van der Waals surface area contributed by atoms with Crippen LogP contribution in [0.25, 0.3) is 22.2 Å². The molecule has 0 bridgehead atoms. The minimum Gasteiger partial charge on any atom is -0.354 e. The Morgan fingerprint density at radius 3 is 2.70 bits per heavy atom. The SMILES string of the molecule is NCCCc1c(-c2cccc(Cl)c2)[nH]c2ccccc12. The van der Waals surface area contributed by atoms with Crippen LogP contribution >= 0.6 is 11.6 Å². The Kier molecular flexibility index (Phi) is 3.77. The molecule has 0 saturated heterocycles. The summed E-state index contributed by atoms with van der Waals surface area (Å²) in [6, 6.07) is 16.3. The first-order valence-electron chi connectivity index (χ1n) is 6.85. The maximum Gasteiger partial charge on any atom is 0.0497 e. The van der Waals surface area contributed by atoms with Gasteiger partial charge in [0.15, 0.2) is 0 Å². The van der Waals surface area contributed by atoms with E-state index in [1.165, 1.54) is 10.9 Å². The number of halogens is 1. The summed E-state index contributed by atoms with van der Waals surface area (Å²) in [7, 11) is 0. The first-order valence-corrected chi connectivity index (χ1v) is 7.23. The highest BCUT2D eigenvalue weighted by Crippen LogP contribution is 2.32. The number of para-hydroxylation sites is 1. The number of H-pyrrole nitrogens is 1. The summed E-state index contributed by atoms with van der Waals surface area (Å²) >= 11 is 6.12. The van der Waals surface area contributed by atoms with Crippen LogP contribution in [0.2, 0.25) is 5.02 Å². The van der Waals surface area contributed by atoms with Gasteiger partial charge in [-0.2, -0.15) is 0 Å². The summed E-state index contributed by atoms with van der Waals surface area (Å²) in [4.78, 5) is 3.52. The molecule has 3 aromatic rings. The lowest BCUT2D eigenvalue weighted by molar-refractivity contribution is 0.838. The normalized spacial score (nSPS) is 11.1. The summed E-state index contributed by atoms with van der Waals surface area (Å²) in [5.74, 6) is 0. The number of rotatable bonds is 4. The van der Waals surface area contributed by atoms with Gasteiger partial charge in [-0.1, -0.05) is 41.9 Å². The van der Waals surface area contributed by atoms with Gasteiger partial charge in [-0.25, -0.2) is 0 Å². The van der Waals surface area contributed by atoms with Crippen LogP contribution in [0.4, 0.5) is 0 Å². The molecule has 0 aliphatic heterocycles. The zero-order chi connectivity index (χ0) is 13.9. The second-order valence-corrected chi connectivity index (χ2v) is 5.36. The van der Waals surface area contributed by atoms with Crippen LogP contribution < -0.4 is 5.73 Å². The van der Waals surface area contributed by atoms with Crippen molar-refractivity contribution >= 4 is 22.5 Å². The maximum absolute atomic E-state index is 6.12. The molecule has 3 rings (SSSR count). The molecule has 0 spiro atoms. The van der Waals surface area contributed by atoms with Crippen molar-refractivity contribution in [3.05, 3.63) is 59.1 Å². The van der Waals surface area contributed by atoms with Gasteiger partial charge in [-0.15, -0.1) is 0 Å². The molecule has 0 radical (unpaired) electrons. The van der Waals surface area contributed by atoms with Crippen molar-refractivity contribution in [2.45, 2.75) is 12.8 Å². The van der Waals surface area contributed by atoms with E-state index in [4.69, 9.17) is 17.3 Å². The van der Waals surface area contributed by atoms with Gasteiger partial charge in [0, 0.05) is 21.6 Å². The van der Waals surface area contributed by atoms with E-state index in [1.807, 2.05) is 24.3 Å². The molecule has 2 aromatic carbocycles. The third-order valence-corrected chi connectivity index (χ3v) is 3.79. The van der Waals surface area contributed by atoms with Crippen LogP contribution in [-0.4, -0.2) is 11.5 Å². The quantitative estimate of drug-likeness (QED) is 0.733. The number of fused-ring (bicyclic) bond motifs is 1. The number of aromatic amines is 1. The molecule has 0 unspecified atom stereocenters. The number of aryl methyl sites for hydroxylation is 1. The van der Waals surface area contributed by atoms with Gasteiger partial charge < -0.3 is 10.7 Å². The van der Waals surface area contributed by atoms with Crippen LogP contribution in [0.5, 0.6) is 0 Å². The van der Waals surface area contributed by atoms with E-state index in [0.717, 1.165) is 34.6 Å². The molecule has 1 heterocycles. The molecule has 3 N–H and O–H groups in total. The standard InChI is InChI=1S/C17H17ClN2/c18-13-6-3-5-12(11-13)17-15(8-4-10-19)14-7-1-2-9-16(14)20-17/h1-3,5-7,9,11,20H,4,8,10,19H2. The van der Waals surface area contributed by atoms with E-state index in [0.29, 0.717) is 6.54 Å². The van der Waals surface area contributed by atoms with E-state index in [9.17, 15) is 0 Å². The first kappa shape index (κ1) is 13.2. The third kappa shape index (κ3) is 2.45. The Labute approximate surface area is 123 Å². The maximum atomic E-state index is 6.12. The molecule has 0 amide bonds. The summed E-state index contributed by atoms with van der Waals surface area (Å²) in [6.07, 6.45) is 1.96. The number of hydrogen-bond acceptors (Lipinski definition) is 1. The number of benzene rings is 2. The van der Waals surface area contributed by atoms with Crippen molar-refractivity contribution < 1.29 is 0 Å². The Bertz CT molecular complexity index is 731. The zero-order valence-corrected chi connectivity index (χ0v) is 12.0. The highest BCUT2D eigenvalue weighted by Gasteiger charge is 2.12. The number of nitrogens with two attached hydrogens (primary N) is 1. The topological polar surface area (TPSA) is 41.8 Å². The average Bonchev–Trinajstić information content (AvgIpc) is 2.84. The first-order chi connectivity index (χ1) is 9.79. The summed E-state index contributed by atoms with van der Waals surface area (Å²) in [6.45, 7) is 0.703. The molecular weight excluding hydrogens is 268 g/mol. The van der Waals surface area contributed by atoms with Crippen molar-refractivity contribution in [1.29, 1.82) is 0 Å². The van der Waals surface area contributed by atoms with Crippen LogP contribution in [0.15, 0.2) is 48.5 Å². The monoisotopic (exact) mass is 284 g/mol. The minimum atomic E-state index is 0.703. The predicted molar refractivity (Wildman–Crippen MR) is 86.1 cm³/mol. The van der Waals surface area contributed by atoms with Gasteiger partial charge in [0.2, 0.25) is 0 Å². The highest BCUT2D eigenvalue weighted by molar-refractivity contribution is 6.30. The van der Waals surface area contributed by atoms with Gasteiger partial charge in [-0.05, 0) is 48.7 Å². The van der Waals surface area contributed by atoms with Gasteiger partial charge in [0.05, 0.1) is 0 Å². The van der Waals surface area contributed by atoms with Crippen LogP contribution in [0.3, 0.4) is 0 Å². The van der Waals surface area contributed by atoms with E-state index >= 15 is 0 Å². The molecule has 2 nitrogen and oxygen atoms in total. The lowest BCUT2D eigenvalue weighted by Gasteiger charge is -2.05. The molecule has 0 saturated carbocycles. The van der Waals surface area contributed by atoms with Gasteiger partial charge in [-0.3, -0.25) is 0 Å². The van der Waals surface area contributed by atoms with Crippen molar-refractivity contribution in [2.75, 3.05) is 6.54 Å². The molecule has 0 fully saturated rings. The molecule has 102 valence electrons. The Morgan fingerprint density at radius 1 is 1.05 bits per heavy atom. The third-order valence-electron chi connectivity index (χ3n) is 3.56. The molecule has 1 aromatic heterocycles.